The minimum absolute atomic E-state index is 0.0995. The van der Waals surface area contributed by atoms with Gasteiger partial charge in [0.1, 0.15) is 11.6 Å². The van der Waals surface area contributed by atoms with Gasteiger partial charge in [0, 0.05) is 24.7 Å². The Labute approximate surface area is 103 Å². The minimum Gasteiger partial charge on any atom is -0.380 e. The van der Waals surface area contributed by atoms with Crippen molar-refractivity contribution in [2.24, 2.45) is 11.8 Å². The summed E-state index contributed by atoms with van der Waals surface area (Å²) >= 11 is 0. The molecule has 0 saturated heterocycles. The molecular weight excluding hydrogens is 216 g/mol. The van der Waals surface area contributed by atoms with E-state index in [1.54, 1.807) is 0 Å². The van der Waals surface area contributed by atoms with Gasteiger partial charge in [-0.25, -0.2) is 0 Å². The first-order chi connectivity index (χ1) is 8.27. The van der Waals surface area contributed by atoms with Crippen molar-refractivity contribution in [1.82, 2.24) is 0 Å². The smallest absolute Gasteiger partial charge is 0.138 e. The quantitative estimate of drug-likeness (QED) is 0.756. The fourth-order valence-electron chi connectivity index (χ4n) is 2.82. The highest BCUT2D eigenvalue weighted by molar-refractivity contribution is 5.82. The maximum atomic E-state index is 11.6. The zero-order valence-corrected chi connectivity index (χ0v) is 10.5. The van der Waals surface area contributed by atoms with Crippen molar-refractivity contribution in [3.63, 3.8) is 0 Å². The van der Waals surface area contributed by atoms with Gasteiger partial charge < -0.3 is 4.74 Å². The van der Waals surface area contributed by atoms with E-state index in [9.17, 15) is 9.59 Å². The lowest BCUT2D eigenvalue weighted by atomic mass is 9.88. The lowest BCUT2D eigenvalue weighted by Gasteiger charge is -2.23. The second-order valence-electron chi connectivity index (χ2n) is 5.36. The molecule has 0 heterocycles. The number of ketones is 2. The molecule has 3 heteroatoms. The van der Waals surface area contributed by atoms with Gasteiger partial charge in [-0.05, 0) is 25.7 Å². The predicted molar refractivity (Wildman–Crippen MR) is 64.7 cm³/mol. The highest BCUT2D eigenvalue weighted by Crippen LogP contribution is 2.23. The number of hydrogen-bond acceptors (Lipinski definition) is 3. The van der Waals surface area contributed by atoms with Gasteiger partial charge in [-0.1, -0.05) is 12.8 Å². The van der Waals surface area contributed by atoms with E-state index >= 15 is 0 Å². The average molecular weight is 238 g/mol. The van der Waals surface area contributed by atoms with Gasteiger partial charge in [-0.3, -0.25) is 9.59 Å². The van der Waals surface area contributed by atoms with Crippen molar-refractivity contribution in [2.45, 2.75) is 51.4 Å². The molecule has 17 heavy (non-hydrogen) atoms. The van der Waals surface area contributed by atoms with Crippen molar-refractivity contribution < 1.29 is 14.3 Å². The van der Waals surface area contributed by atoms with E-state index in [0.29, 0.717) is 24.8 Å². The Hall–Kier alpha value is -0.700. The monoisotopic (exact) mass is 238 g/mol. The van der Waals surface area contributed by atoms with E-state index < -0.39 is 0 Å². The van der Waals surface area contributed by atoms with Crippen LogP contribution in [-0.2, 0) is 14.3 Å². The molecule has 0 aromatic heterocycles. The molecule has 2 aliphatic carbocycles. The first kappa shape index (κ1) is 12.7. The molecule has 2 atom stereocenters. The van der Waals surface area contributed by atoms with Crippen LogP contribution in [0.25, 0.3) is 0 Å². The summed E-state index contributed by atoms with van der Waals surface area (Å²) in [7, 11) is 0. The summed E-state index contributed by atoms with van der Waals surface area (Å²) < 4.78 is 5.61. The molecule has 0 spiro atoms. The molecule has 0 N–H and O–H groups in total. The van der Waals surface area contributed by atoms with Crippen LogP contribution >= 0.6 is 0 Å². The Morgan fingerprint density at radius 3 is 1.71 bits per heavy atom. The fourth-order valence-corrected chi connectivity index (χ4v) is 2.82. The molecule has 2 saturated carbocycles. The third-order valence-electron chi connectivity index (χ3n) is 4.00. The summed E-state index contributed by atoms with van der Waals surface area (Å²) in [5, 5.41) is 0. The van der Waals surface area contributed by atoms with Crippen molar-refractivity contribution in [3.8, 4) is 0 Å². The first-order valence-electron chi connectivity index (χ1n) is 6.90. The zero-order valence-electron chi connectivity index (χ0n) is 10.5. The van der Waals surface area contributed by atoms with E-state index in [1.165, 1.54) is 0 Å². The molecule has 0 radical (unpaired) electrons. The van der Waals surface area contributed by atoms with Crippen LogP contribution in [0.4, 0.5) is 0 Å². The largest absolute Gasteiger partial charge is 0.380 e. The molecule has 0 aliphatic heterocycles. The average Bonchev–Trinajstić information content (AvgIpc) is 2.34. The van der Waals surface area contributed by atoms with Gasteiger partial charge in [-0.2, -0.15) is 0 Å². The summed E-state index contributed by atoms with van der Waals surface area (Å²) in [4.78, 5) is 23.2. The van der Waals surface area contributed by atoms with Crippen molar-refractivity contribution in [1.29, 1.82) is 0 Å². The van der Waals surface area contributed by atoms with E-state index in [0.717, 1.165) is 51.4 Å². The lowest BCUT2D eigenvalue weighted by Crippen LogP contribution is -2.28. The maximum absolute atomic E-state index is 11.6. The topological polar surface area (TPSA) is 43.4 Å². The van der Waals surface area contributed by atoms with E-state index in [1.807, 2.05) is 0 Å². The van der Waals surface area contributed by atoms with Gasteiger partial charge in [0.2, 0.25) is 0 Å². The third kappa shape index (κ3) is 3.63. The Balaban J connectivity index is 1.67. The second kappa shape index (κ2) is 6.29. The Kier molecular flexibility index (Phi) is 4.72. The molecule has 0 unspecified atom stereocenters. The molecule has 0 bridgehead atoms. The van der Waals surface area contributed by atoms with E-state index in [-0.39, 0.29) is 11.8 Å². The van der Waals surface area contributed by atoms with Gasteiger partial charge in [-0.15, -0.1) is 0 Å². The second-order valence-corrected chi connectivity index (χ2v) is 5.36. The Morgan fingerprint density at radius 1 is 0.824 bits per heavy atom. The zero-order chi connectivity index (χ0) is 12.1. The molecule has 3 nitrogen and oxygen atoms in total. The number of hydrogen-bond donors (Lipinski definition) is 0. The Morgan fingerprint density at radius 2 is 1.29 bits per heavy atom. The van der Waals surface area contributed by atoms with Crippen LogP contribution in [0.5, 0.6) is 0 Å². The van der Waals surface area contributed by atoms with Crippen LogP contribution < -0.4 is 0 Å². The lowest BCUT2D eigenvalue weighted by molar-refractivity contribution is -0.129. The number of carbonyl (C=O) groups excluding carboxylic acids is 2. The molecular formula is C14H22O3. The molecule has 0 aromatic carbocycles. The number of ether oxygens (including phenoxy) is 1. The molecule has 2 aliphatic rings. The fraction of sp³-hybridized carbons (Fsp3) is 0.857. The van der Waals surface area contributed by atoms with Crippen LogP contribution in [0.15, 0.2) is 0 Å². The SMILES string of the molecule is O=C1CCCC[C@@H]1COC[C@@H]1CCCCC1=O. The summed E-state index contributed by atoms with van der Waals surface area (Å²) in [6.07, 6.45) is 7.73. The van der Waals surface area contributed by atoms with Crippen LogP contribution in [0, 0.1) is 11.8 Å². The standard InChI is InChI=1S/C14H22O3/c15-13-7-3-1-5-11(13)9-17-10-12-6-2-4-8-14(12)16/h11-12H,1-10H2/t11-,12+. The van der Waals surface area contributed by atoms with Crippen molar-refractivity contribution in [2.75, 3.05) is 13.2 Å². The summed E-state index contributed by atoms with van der Waals surface area (Å²) in [5.41, 5.74) is 0. The molecule has 0 amide bonds. The van der Waals surface area contributed by atoms with Crippen molar-refractivity contribution in [3.05, 3.63) is 0 Å². The van der Waals surface area contributed by atoms with Gasteiger partial charge in [0.05, 0.1) is 13.2 Å². The normalized spacial score (nSPS) is 30.6. The predicted octanol–water partition coefficient (Wildman–Crippen LogP) is 2.52. The van der Waals surface area contributed by atoms with Gasteiger partial charge in [0.25, 0.3) is 0 Å². The minimum atomic E-state index is 0.0995. The maximum Gasteiger partial charge on any atom is 0.138 e. The first-order valence-corrected chi connectivity index (χ1v) is 6.90. The third-order valence-corrected chi connectivity index (χ3v) is 4.00. The molecule has 2 fully saturated rings. The molecule has 0 aromatic rings. The van der Waals surface area contributed by atoms with Crippen LogP contribution in [0.2, 0.25) is 0 Å². The summed E-state index contributed by atoms with van der Waals surface area (Å²) in [6, 6.07) is 0. The number of Topliss-reactive ketones (excluding diaryl/α,β-unsaturated/α-hetero) is 2. The van der Waals surface area contributed by atoms with Gasteiger partial charge in [0.15, 0.2) is 0 Å². The van der Waals surface area contributed by atoms with Crippen LogP contribution in [0.1, 0.15) is 51.4 Å². The van der Waals surface area contributed by atoms with E-state index in [2.05, 4.69) is 0 Å². The summed E-state index contributed by atoms with van der Waals surface area (Å²) in [6.45, 7) is 1.06. The molecule has 96 valence electrons. The Bertz CT molecular complexity index is 257. The van der Waals surface area contributed by atoms with Crippen molar-refractivity contribution >= 4 is 11.6 Å². The van der Waals surface area contributed by atoms with Crippen LogP contribution in [-0.4, -0.2) is 24.8 Å². The summed E-state index contributed by atoms with van der Waals surface area (Å²) in [5.74, 6) is 0.905. The number of carbonyl (C=O) groups is 2. The van der Waals surface area contributed by atoms with Gasteiger partial charge >= 0.3 is 0 Å². The number of rotatable bonds is 4. The molecule has 2 rings (SSSR count). The van der Waals surface area contributed by atoms with Crippen LogP contribution in [0.3, 0.4) is 0 Å². The highest BCUT2D eigenvalue weighted by atomic mass is 16.5. The van der Waals surface area contributed by atoms with E-state index in [4.69, 9.17) is 4.74 Å². The highest BCUT2D eigenvalue weighted by Gasteiger charge is 2.25.